The third-order valence-corrected chi connectivity index (χ3v) is 0.765. The zero-order valence-corrected chi connectivity index (χ0v) is 5.00. The van der Waals surface area contributed by atoms with Gasteiger partial charge in [0.15, 0.2) is 0 Å². The molecule has 2 N–H and O–H groups in total. The summed E-state index contributed by atoms with van der Waals surface area (Å²) in [7, 11) is -1.60. The van der Waals surface area contributed by atoms with Crippen LogP contribution in [0.25, 0.3) is 0 Å². The van der Waals surface area contributed by atoms with Crippen molar-refractivity contribution in [2.75, 3.05) is 6.61 Å². The molecular weight excluding hydrogens is 114 g/mol. The average molecular weight is 126 g/mol. The molecular formula is C4H12BLiO3. The van der Waals surface area contributed by atoms with E-state index in [1.165, 1.54) is 0 Å². The molecule has 0 amide bonds. The molecule has 0 atom stereocenters. The van der Waals surface area contributed by atoms with Crippen molar-refractivity contribution in [3.05, 3.63) is 0 Å². The molecule has 0 aromatic rings. The van der Waals surface area contributed by atoms with Crippen LogP contribution < -0.4 is 0 Å². The first-order chi connectivity index (χ1) is 3.77. The second kappa shape index (κ2) is 8.54. The molecule has 0 saturated carbocycles. The zero-order valence-electron chi connectivity index (χ0n) is 5.00. The molecule has 5 heteroatoms. The molecule has 0 aromatic carbocycles. The minimum absolute atomic E-state index is 0. The Hall–Kier alpha value is 0.542. The third-order valence-electron chi connectivity index (χ3n) is 0.765. The standard InChI is InChI=1S/C4H11BO3.Li.H/c1-2-3-4-8-5(6)7;;/h6-7H,2-4H2,1H3;;. The second-order valence-corrected chi connectivity index (χ2v) is 1.55. The number of hydrogen-bond acceptors (Lipinski definition) is 3. The van der Waals surface area contributed by atoms with Crippen LogP contribution in [0.15, 0.2) is 0 Å². The maximum atomic E-state index is 8.11. The van der Waals surface area contributed by atoms with Gasteiger partial charge in [-0.3, -0.25) is 0 Å². The fourth-order valence-electron chi connectivity index (χ4n) is 0.333. The van der Waals surface area contributed by atoms with E-state index in [0.717, 1.165) is 12.8 Å². The van der Waals surface area contributed by atoms with E-state index in [1.807, 2.05) is 6.92 Å². The predicted molar refractivity (Wildman–Crippen MR) is 38.2 cm³/mol. The quantitative estimate of drug-likeness (QED) is 0.380. The number of hydrogen-bond donors (Lipinski definition) is 2. The van der Waals surface area contributed by atoms with Gasteiger partial charge in [-0.25, -0.2) is 0 Å². The topological polar surface area (TPSA) is 49.7 Å². The SMILES string of the molecule is CCCCOB(O)O.[LiH]. The van der Waals surface area contributed by atoms with E-state index < -0.39 is 7.32 Å². The molecule has 0 fully saturated rings. The molecule has 0 aliphatic heterocycles. The Bertz CT molecular complexity index is 53.1. The van der Waals surface area contributed by atoms with Gasteiger partial charge in [-0.15, -0.1) is 0 Å². The van der Waals surface area contributed by atoms with Crippen LogP contribution in [0.5, 0.6) is 0 Å². The first-order valence-electron chi connectivity index (χ1n) is 2.75. The van der Waals surface area contributed by atoms with Crippen LogP contribution in [-0.2, 0) is 4.65 Å². The van der Waals surface area contributed by atoms with Crippen molar-refractivity contribution >= 4 is 26.2 Å². The van der Waals surface area contributed by atoms with E-state index in [4.69, 9.17) is 10.0 Å². The molecule has 0 saturated heterocycles. The summed E-state index contributed by atoms with van der Waals surface area (Å²) < 4.78 is 4.39. The Labute approximate surface area is 67.8 Å². The summed E-state index contributed by atoms with van der Waals surface area (Å²) >= 11 is 0. The summed E-state index contributed by atoms with van der Waals surface area (Å²) in [6.45, 7) is 2.43. The third kappa shape index (κ3) is 11.9. The van der Waals surface area contributed by atoms with Gasteiger partial charge < -0.3 is 14.7 Å². The van der Waals surface area contributed by atoms with Gasteiger partial charge in [0.25, 0.3) is 0 Å². The molecule has 0 bridgehead atoms. The Morgan fingerprint density at radius 3 is 2.33 bits per heavy atom. The summed E-state index contributed by atoms with van der Waals surface area (Å²) in [6, 6.07) is 0. The molecule has 0 aliphatic rings. The predicted octanol–water partition coefficient (Wildman–Crippen LogP) is -0.876. The molecule has 9 heavy (non-hydrogen) atoms. The van der Waals surface area contributed by atoms with E-state index in [1.54, 1.807) is 0 Å². The van der Waals surface area contributed by atoms with Gasteiger partial charge in [0.2, 0.25) is 0 Å². The fourth-order valence-corrected chi connectivity index (χ4v) is 0.333. The van der Waals surface area contributed by atoms with Gasteiger partial charge in [-0.1, -0.05) is 13.3 Å². The molecule has 0 heterocycles. The number of unbranched alkanes of at least 4 members (excludes halogenated alkanes) is 1. The van der Waals surface area contributed by atoms with E-state index in [-0.39, 0.29) is 18.9 Å². The van der Waals surface area contributed by atoms with Gasteiger partial charge in [-0.05, 0) is 6.42 Å². The first kappa shape index (κ1) is 12.2. The Morgan fingerprint density at radius 2 is 2.00 bits per heavy atom. The van der Waals surface area contributed by atoms with Crippen molar-refractivity contribution in [3.8, 4) is 0 Å². The summed E-state index contributed by atoms with van der Waals surface area (Å²) in [5, 5.41) is 16.2. The average Bonchev–Trinajstić information content (AvgIpc) is 1.66. The van der Waals surface area contributed by atoms with Crippen LogP contribution in [0.3, 0.4) is 0 Å². The van der Waals surface area contributed by atoms with Crippen LogP contribution in [0.1, 0.15) is 19.8 Å². The molecule has 0 unspecified atom stereocenters. The monoisotopic (exact) mass is 126 g/mol. The number of rotatable bonds is 4. The van der Waals surface area contributed by atoms with Gasteiger partial charge in [0.05, 0.1) is 0 Å². The molecule has 3 nitrogen and oxygen atoms in total. The summed E-state index contributed by atoms with van der Waals surface area (Å²) in [5.74, 6) is 0. The maximum absolute atomic E-state index is 8.11. The molecule has 0 aliphatic carbocycles. The van der Waals surface area contributed by atoms with E-state index in [0.29, 0.717) is 6.61 Å². The molecule has 0 radical (unpaired) electrons. The van der Waals surface area contributed by atoms with E-state index in [9.17, 15) is 0 Å². The van der Waals surface area contributed by atoms with Crippen molar-refractivity contribution in [2.24, 2.45) is 0 Å². The fraction of sp³-hybridized carbons (Fsp3) is 1.00. The zero-order chi connectivity index (χ0) is 6.41. The van der Waals surface area contributed by atoms with Crippen LogP contribution in [-0.4, -0.2) is 42.8 Å². The molecule has 0 rings (SSSR count). The molecule has 50 valence electrons. The molecule has 0 aromatic heterocycles. The van der Waals surface area contributed by atoms with Crippen LogP contribution in [0.4, 0.5) is 0 Å². The van der Waals surface area contributed by atoms with Crippen molar-refractivity contribution in [3.63, 3.8) is 0 Å². The van der Waals surface area contributed by atoms with Crippen LogP contribution in [0.2, 0.25) is 0 Å². The van der Waals surface area contributed by atoms with Crippen molar-refractivity contribution in [1.29, 1.82) is 0 Å². The van der Waals surface area contributed by atoms with Crippen molar-refractivity contribution < 1.29 is 14.7 Å². The molecule has 0 spiro atoms. The van der Waals surface area contributed by atoms with Crippen molar-refractivity contribution in [1.82, 2.24) is 0 Å². The normalized spacial score (nSPS) is 8.33. The summed E-state index contributed by atoms with van der Waals surface area (Å²) in [4.78, 5) is 0. The van der Waals surface area contributed by atoms with Gasteiger partial charge in [0, 0.05) is 6.61 Å². The Balaban J connectivity index is 0. The van der Waals surface area contributed by atoms with Crippen LogP contribution in [0, 0.1) is 0 Å². The van der Waals surface area contributed by atoms with E-state index >= 15 is 0 Å². The second-order valence-electron chi connectivity index (χ2n) is 1.55. The first-order valence-corrected chi connectivity index (χ1v) is 2.75. The summed E-state index contributed by atoms with van der Waals surface area (Å²) in [6.07, 6.45) is 1.88. The Morgan fingerprint density at radius 1 is 1.44 bits per heavy atom. The van der Waals surface area contributed by atoms with Gasteiger partial charge in [-0.2, -0.15) is 0 Å². The Kier molecular flexibility index (Phi) is 11.6. The van der Waals surface area contributed by atoms with Crippen LogP contribution >= 0.6 is 0 Å². The summed E-state index contributed by atoms with van der Waals surface area (Å²) in [5.41, 5.74) is 0. The van der Waals surface area contributed by atoms with Gasteiger partial charge in [0.1, 0.15) is 0 Å². The van der Waals surface area contributed by atoms with Crippen molar-refractivity contribution in [2.45, 2.75) is 19.8 Å². The van der Waals surface area contributed by atoms with Gasteiger partial charge >= 0.3 is 26.2 Å². The van der Waals surface area contributed by atoms with E-state index in [2.05, 4.69) is 4.65 Å². The minimum atomic E-state index is -1.60.